The minimum absolute atomic E-state index is 0.253. The van der Waals surface area contributed by atoms with E-state index in [1.807, 2.05) is 0 Å². The molecule has 1 atom stereocenters. The molecule has 0 bridgehead atoms. The summed E-state index contributed by atoms with van der Waals surface area (Å²) in [5.74, 6) is 0.474. The molecule has 174 valence electrons. The van der Waals surface area contributed by atoms with Crippen molar-refractivity contribution < 1.29 is 0 Å². The Labute approximate surface area is 214 Å². The van der Waals surface area contributed by atoms with Crippen LogP contribution in [-0.4, -0.2) is 6.71 Å². The van der Waals surface area contributed by atoms with Crippen LogP contribution in [0.1, 0.15) is 24.5 Å². The Morgan fingerprint density at radius 1 is 0.694 bits per heavy atom. The second-order valence-electron chi connectivity index (χ2n) is 10.4. The van der Waals surface area contributed by atoms with Crippen LogP contribution in [0, 0.1) is 19.8 Å². The van der Waals surface area contributed by atoms with Crippen molar-refractivity contribution in [3.05, 3.63) is 125 Å². The zero-order valence-electron chi connectivity index (χ0n) is 21.1. The zero-order valence-corrected chi connectivity index (χ0v) is 21.1. The van der Waals surface area contributed by atoms with Gasteiger partial charge in [-0.3, -0.25) is 0 Å². The molecule has 0 N–H and O–H groups in total. The fourth-order valence-electron chi connectivity index (χ4n) is 6.40. The number of para-hydroxylation sites is 1. The third-order valence-electron chi connectivity index (χ3n) is 8.02. The highest BCUT2D eigenvalue weighted by atomic mass is 15.2. The standard InChI is InChI=1S/C33H29BN2/c1-22-15-18-26(19-16-22)35-28-20-17-23(2)21-27(28)34-32-24(3)9-7-12-29(32)36(25-10-5-4-6-11-25)31-14-8-13-30(35)33(31)34/h4-8,10-21,24H,9H2,1-3H3. The van der Waals surface area contributed by atoms with Crippen LogP contribution < -0.4 is 20.7 Å². The Bertz CT molecular complexity index is 1550. The van der Waals surface area contributed by atoms with Crippen LogP contribution in [0.15, 0.2) is 114 Å². The minimum atomic E-state index is 0.253. The predicted molar refractivity (Wildman–Crippen MR) is 154 cm³/mol. The van der Waals surface area contributed by atoms with Gasteiger partial charge in [0.1, 0.15) is 0 Å². The van der Waals surface area contributed by atoms with Gasteiger partial charge in [0.2, 0.25) is 6.71 Å². The molecule has 0 saturated carbocycles. The molecule has 2 nitrogen and oxygen atoms in total. The maximum Gasteiger partial charge on any atom is 0.247 e. The van der Waals surface area contributed by atoms with Crippen molar-refractivity contribution in [1.29, 1.82) is 0 Å². The van der Waals surface area contributed by atoms with E-state index in [1.54, 1.807) is 0 Å². The van der Waals surface area contributed by atoms with Crippen molar-refractivity contribution in [1.82, 2.24) is 0 Å². The summed E-state index contributed by atoms with van der Waals surface area (Å²) < 4.78 is 0. The van der Waals surface area contributed by atoms with Crippen LogP contribution in [0.25, 0.3) is 0 Å². The average Bonchev–Trinajstić information content (AvgIpc) is 2.90. The summed E-state index contributed by atoms with van der Waals surface area (Å²) >= 11 is 0. The number of aryl methyl sites for hydroxylation is 2. The highest BCUT2D eigenvalue weighted by Gasteiger charge is 2.45. The number of anilines is 5. The number of benzene rings is 4. The first kappa shape index (κ1) is 21.3. The third-order valence-corrected chi connectivity index (χ3v) is 8.02. The molecule has 1 aliphatic carbocycles. The van der Waals surface area contributed by atoms with E-state index in [0.717, 1.165) is 6.42 Å². The summed E-state index contributed by atoms with van der Waals surface area (Å²) in [5, 5.41) is 0. The molecule has 4 aromatic rings. The zero-order chi connectivity index (χ0) is 24.4. The van der Waals surface area contributed by atoms with Gasteiger partial charge in [0.25, 0.3) is 0 Å². The van der Waals surface area contributed by atoms with Crippen LogP contribution in [0.3, 0.4) is 0 Å². The molecule has 0 saturated heterocycles. The summed E-state index contributed by atoms with van der Waals surface area (Å²) in [6.07, 6.45) is 5.80. The van der Waals surface area contributed by atoms with Gasteiger partial charge < -0.3 is 9.80 Å². The molecule has 0 aromatic heterocycles. The van der Waals surface area contributed by atoms with E-state index in [4.69, 9.17) is 0 Å². The van der Waals surface area contributed by atoms with Crippen molar-refractivity contribution >= 4 is 46.1 Å². The Morgan fingerprint density at radius 2 is 1.39 bits per heavy atom. The third kappa shape index (κ3) is 3.05. The lowest BCUT2D eigenvalue weighted by Crippen LogP contribution is -2.57. The second kappa shape index (κ2) is 8.03. The van der Waals surface area contributed by atoms with E-state index < -0.39 is 0 Å². The SMILES string of the molecule is Cc1ccc(N2c3ccc(C)cc3B3C4=C(C=CCC4C)N(c4ccccc4)c4cccc2c43)cc1. The quantitative estimate of drug-likeness (QED) is 0.289. The number of hydrogen-bond acceptors (Lipinski definition) is 2. The van der Waals surface area contributed by atoms with Crippen LogP contribution >= 0.6 is 0 Å². The lowest BCUT2D eigenvalue weighted by Gasteiger charge is -2.46. The topological polar surface area (TPSA) is 6.48 Å². The summed E-state index contributed by atoms with van der Waals surface area (Å²) in [5.41, 5.74) is 14.6. The van der Waals surface area contributed by atoms with Crippen molar-refractivity contribution in [2.75, 3.05) is 9.80 Å². The van der Waals surface area contributed by atoms with Gasteiger partial charge in [-0.2, -0.15) is 0 Å². The molecule has 1 unspecified atom stereocenters. The molecular formula is C33H29BN2. The molecule has 0 radical (unpaired) electrons. The molecule has 7 rings (SSSR count). The van der Waals surface area contributed by atoms with Crippen molar-refractivity contribution in [3.8, 4) is 0 Å². The first-order chi connectivity index (χ1) is 17.6. The highest BCUT2D eigenvalue weighted by molar-refractivity contribution is 6.95. The van der Waals surface area contributed by atoms with Crippen LogP contribution in [0.4, 0.5) is 28.4 Å². The van der Waals surface area contributed by atoms with Gasteiger partial charge in [0.15, 0.2) is 0 Å². The van der Waals surface area contributed by atoms with Gasteiger partial charge in [-0.15, -0.1) is 0 Å². The number of nitrogens with zero attached hydrogens (tertiary/aromatic N) is 2. The Hall–Kier alpha value is -3.98. The molecule has 3 aliphatic rings. The fourth-order valence-corrected chi connectivity index (χ4v) is 6.40. The van der Waals surface area contributed by atoms with E-state index in [9.17, 15) is 0 Å². The lowest BCUT2D eigenvalue weighted by atomic mass is 9.31. The van der Waals surface area contributed by atoms with Gasteiger partial charge in [-0.05, 0) is 85.7 Å². The number of rotatable bonds is 2. The monoisotopic (exact) mass is 464 g/mol. The van der Waals surface area contributed by atoms with Crippen molar-refractivity contribution in [3.63, 3.8) is 0 Å². The first-order valence-corrected chi connectivity index (χ1v) is 13.0. The molecule has 36 heavy (non-hydrogen) atoms. The van der Waals surface area contributed by atoms with Gasteiger partial charge in [-0.1, -0.05) is 78.1 Å². The molecule has 2 heterocycles. The largest absolute Gasteiger partial charge is 0.312 e. The lowest BCUT2D eigenvalue weighted by molar-refractivity contribution is 0.705. The smallest absolute Gasteiger partial charge is 0.247 e. The normalized spacial score (nSPS) is 17.6. The van der Waals surface area contributed by atoms with Crippen molar-refractivity contribution in [2.45, 2.75) is 27.2 Å². The van der Waals surface area contributed by atoms with Gasteiger partial charge in [-0.25, -0.2) is 0 Å². The van der Waals surface area contributed by atoms with Gasteiger partial charge in [0.05, 0.1) is 0 Å². The van der Waals surface area contributed by atoms with E-state index in [-0.39, 0.29) is 6.71 Å². The highest BCUT2D eigenvalue weighted by Crippen LogP contribution is 2.46. The number of fused-ring (bicyclic) bond motifs is 3. The first-order valence-electron chi connectivity index (χ1n) is 13.0. The van der Waals surface area contributed by atoms with E-state index in [1.165, 1.54) is 61.7 Å². The van der Waals surface area contributed by atoms with Gasteiger partial charge >= 0.3 is 0 Å². The number of hydrogen-bond donors (Lipinski definition) is 0. The van der Waals surface area contributed by atoms with E-state index in [2.05, 4.69) is 134 Å². The Morgan fingerprint density at radius 3 is 2.17 bits per heavy atom. The molecule has 3 heteroatoms. The van der Waals surface area contributed by atoms with Crippen LogP contribution in [0.5, 0.6) is 0 Å². The molecule has 4 aromatic carbocycles. The van der Waals surface area contributed by atoms with Gasteiger partial charge in [0, 0.05) is 34.1 Å². The summed E-state index contributed by atoms with van der Waals surface area (Å²) in [7, 11) is 0. The average molecular weight is 464 g/mol. The molecule has 0 fully saturated rings. The molecular weight excluding hydrogens is 435 g/mol. The van der Waals surface area contributed by atoms with E-state index >= 15 is 0 Å². The Kier molecular flexibility index (Phi) is 4.75. The number of allylic oxidation sites excluding steroid dienone is 3. The van der Waals surface area contributed by atoms with E-state index in [0.29, 0.717) is 5.92 Å². The summed E-state index contributed by atoms with van der Waals surface area (Å²) in [6.45, 7) is 7.03. The molecule has 0 spiro atoms. The Balaban J connectivity index is 1.58. The molecule has 0 amide bonds. The minimum Gasteiger partial charge on any atom is -0.312 e. The van der Waals surface area contributed by atoms with Crippen LogP contribution in [0.2, 0.25) is 0 Å². The fraction of sp³-hybridized carbons (Fsp3) is 0.152. The predicted octanol–water partition coefficient (Wildman–Crippen LogP) is 7.24. The second-order valence-corrected chi connectivity index (χ2v) is 10.4. The maximum absolute atomic E-state index is 2.49. The maximum atomic E-state index is 2.49. The van der Waals surface area contributed by atoms with Crippen LogP contribution in [-0.2, 0) is 0 Å². The van der Waals surface area contributed by atoms with Crippen molar-refractivity contribution in [2.24, 2.45) is 5.92 Å². The summed E-state index contributed by atoms with van der Waals surface area (Å²) in [6, 6.07) is 33.7. The summed E-state index contributed by atoms with van der Waals surface area (Å²) in [4.78, 5) is 4.96. The molecule has 2 aliphatic heterocycles.